The van der Waals surface area contributed by atoms with Crippen LogP contribution in [0, 0.1) is 0 Å². The monoisotopic (exact) mass is 496 g/mol. The number of hydroxylamine groups is 1. The van der Waals surface area contributed by atoms with E-state index in [1.54, 1.807) is 18.2 Å². The van der Waals surface area contributed by atoms with Crippen LogP contribution in [0.15, 0.2) is 35.2 Å². The standard InChI is InChI=1S/C16H15Cl3N4O4S2/c17-8-2-1-3-10(13(8)19)20-16(28)21-11-5-4-9(18)15(14(11)24)29(25,26)23-12-6-7-27-22-12/h1-5,12,22-24H,6-7H2,(H2,20,21,28). The van der Waals surface area contributed by atoms with Gasteiger partial charge in [-0.2, -0.15) is 10.2 Å². The van der Waals surface area contributed by atoms with Crippen LogP contribution in [0.4, 0.5) is 11.4 Å². The van der Waals surface area contributed by atoms with Crippen molar-refractivity contribution in [2.45, 2.75) is 17.5 Å². The molecule has 0 aromatic heterocycles. The second-order valence-corrected chi connectivity index (χ2v) is 9.13. The van der Waals surface area contributed by atoms with Crippen LogP contribution < -0.4 is 20.8 Å². The van der Waals surface area contributed by atoms with E-state index >= 15 is 0 Å². The quantitative estimate of drug-likeness (QED) is 0.314. The van der Waals surface area contributed by atoms with Gasteiger partial charge >= 0.3 is 0 Å². The molecule has 1 aliphatic heterocycles. The lowest BCUT2D eigenvalue weighted by Crippen LogP contribution is -2.40. The molecule has 1 fully saturated rings. The number of phenols is 1. The fourth-order valence-corrected chi connectivity index (χ4v) is 4.88. The Hall–Kier alpha value is -1.37. The van der Waals surface area contributed by atoms with Crippen LogP contribution in [0.3, 0.4) is 0 Å². The lowest BCUT2D eigenvalue weighted by atomic mass is 10.3. The molecule has 13 heteroatoms. The Bertz CT molecular complexity index is 1050. The number of hydrogen-bond acceptors (Lipinski definition) is 6. The van der Waals surface area contributed by atoms with Crippen molar-refractivity contribution in [2.75, 3.05) is 17.2 Å². The Balaban J connectivity index is 1.82. The summed E-state index contributed by atoms with van der Waals surface area (Å²) in [5, 5.41) is 16.6. The second kappa shape index (κ2) is 9.19. The maximum atomic E-state index is 12.7. The Morgan fingerprint density at radius 3 is 2.55 bits per heavy atom. The molecule has 3 rings (SSSR count). The topological polar surface area (TPSA) is 112 Å². The first-order valence-corrected chi connectivity index (χ1v) is 11.1. The number of thiocarbonyl (C=S) groups is 1. The molecule has 1 heterocycles. The predicted molar refractivity (Wildman–Crippen MR) is 117 cm³/mol. The van der Waals surface area contributed by atoms with Gasteiger partial charge in [0.25, 0.3) is 0 Å². The molecule has 5 N–H and O–H groups in total. The van der Waals surface area contributed by atoms with Gasteiger partial charge in [-0.25, -0.2) is 8.42 Å². The van der Waals surface area contributed by atoms with Crippen molar-refractivity contribution in [1.29, 1.82) is 0 Å². The summed E-state index contributed by atoms with van der Waals surface area (Å²) in [7, 11) is -4.15. The van der Waals surface area contributed by atoms with Gasteiger partial charge in [0.05, 0.1) is 39.2 Å². The normalized spacial score (nSPS) is 16.6. The Morgan fingerprint density at radius 1 is 1.14 bits per heavy atom. The molecule has 0 radical (unpaired) electrons. The van der Waals surface area contributed by atoms with Crippen LogP contribution in [0.2, 0.25) is 15.1 Å². The van der Waals surface area contributed by atoms with Gasteiger partial charge in [0.15, 0.2) is 10.9 Å². The van der Waals surface area contributed by atoms with E-state index in [1.807, 2.05) is 0 Å². The molecule has 1 unspecified atom stereocenters. The van der Waals surface area contributed by atoms with E-state index in [2.05, 4.69) is 20.8 Å². The molecule has 1 aliphatic rings. The zero-order valence-electron chi connectivity index (χ0n) is 14.5. The molecule has 2 aromatic rings. The van der Waals surface area contributed by atoms with Gasteiger partial charge in [0.2, 0.25) is 10.0 Å². The summed E-state index contributed by atoms with van der Waals surface area (Å²) in [6.07, 6.45) is -0.218. The average molecular weight is 498 g/mol. The molecule has 0 amide bonds. The fourth-order valence-electron chi connectivity index (χ4n) is 2.50. The minimum absolute atomic E-state index is 0.0288. The molecule has 0 bridgehead atoms. The number of halogens is 3. The van der Waals surface area contributed by atoms with E-state index in [-0.39, 0.29) is 20.8 Å². The summed E-state index contributed by atoms with van der Waals surface area (Å²) < 4.78 is 27.7. The molecule has 156 valence electrons. The number of hydrogen-bond donors (Lipinski definition) is 5. The van der Waals surface area contributed by atoms with Crippen molar-refractivity contribution in [2.24, 2.45) is 0 Å². The molecule has 0 aliphatic carbocycles. The molecular weight excluding hydrogens is 483 g/mol. The zero-order valence-corrected chi connectivity index (χ0v) is 18.4. The van der Waals surface area contributed by atoms with Crippen LogP contribution in [0.1, 0.15) is 6.42 Å². The lowest BCUT2D eigenvalue weighted by molar-refractivity contribution is 0.0866. The van der Waals surface area contributed by atoms with E-state index < -0.39 is 26.8 Å². The maximum absolute atomic E-state index is 12.7. The number of anilines is 2. The third kappa shape index (κ3) is 5.22. The summed E-state index contributed by atoms with van der Waals surface area (Å²) in [5.74, 6) is -0.592. The van der Waals surface area contributed by atoms with Crippen molar-refractivity contribution in [3.8, 4) is 5.75 Å². The largest absolute Gasteiger partial charge is 0.504 e. The number of benzene rings is 2. The molecule has 8 nitrogen and oxygen atoms in total. The average Bonchev–Trinajstić information content (AvgIpc) is 3.13. The van der Waals surface area contributed by atoms with Crippen molar-refractivity contribution < 1.29 is 18.4 Å². The first kappa shape index (κ1) is 22.3. The number of phenolic OH excluding ortho intramolecular Hbond substituents is 1. The summed E-state index contributed by atoms with van der Waals surface area (Å²) >= 11 is 23.3. The molecule has 29 heavy (non-hydrogen) atoms. The van der Waals surface area contributed by atoms with Gasteiger partial charge in [-0.15, -0.1) is 0 Å². The Labute approximate surface area is 187 Å². The molecule has 0 spiro atoms. The molecule has 0 saturated carbocycles. The molecule has 1 saturated heterocycles. The minimum atomic E-state index is -4.15. The SMILES string of the molecule is O=S(=O)(NC1CCON1)c1c(Cl)ccc(NC(=S)Nc2cccc(Cl)c2Cl)c1O. The van der Waals surface area contributed by atoms with Crippen molar-refractivity contribution in [3.05, 3.63) is 45.4 Å². The zero-order chi connectivity index (χ0) is 21.2. The van der Waals surface area contributed by atoms with Crippen LogP contribution in [0.25, 0.3) is 0 Å². The Morgan fingerprint density at radius 2 is 1.86 bits per heavy atom. The first-order valence-electron chi connectivity index (χ1n) is 8.12. The highest BCUT2D eigenvalue weighted by Gasteiger charge is 2.29. The molecule has 1 atom stereocenters. The number of sulfonamides is 1. The van der Waals surface area contributed by atoms with Gasteiger partial charge in [-0.05, 0) is 36.5 Å². The fraction of sp³-hybridized carbons (Fsp3) is 0.188. The minimum Gasteiger partial charge on any atom is -0.504 e. The van der Waals surface area contributed by atoms with Crippen molar-refractivity contribution in [1.82, 2.24) is 10.2 Å². The van der Waals surface area contributed by atoms with Crippen LogP contribution >= 0.6 is 47.0 Å². The highest BCUT2D eigenvalue weighted by Crippen LogP contribution is 2.37. The highest BCUT2D eigenvalue weighted by molar-refractivity contribution is 7.89. The predicted octanol–water partition coefficient (Wildman–Crippen LogP) is 3.69. The van der Waals surface area contributed by atoms with Crippen LogP contribution in [-0.2, 0) is 14.9 Å². The smallest absolute Gasteiger partial charge is 0.247 e. The number of aromatic hydroxyl groups is 1. The number of rotatable bonds is 5. The van der Waals surface area contributed by atoms with Gasteiger partial charge < -0.3 is 20.6 Å². The van der Waals surface area contributed by atoms with Crippen molar-refractivity contribution in [3.63, 3.8) is 0 Å². The van der Waals surface area contributed by atoms with Crippen molar-refractivity contribution >= 4 is 73.5 Å². The van der Waals surface area contributed by atoms with Gasteiger partial charge in [0, 0.05) is 6.42 Å². The summed E-state index contributed by atoms with van der Waals surface area (Å²) in [6, 6.07) is 7.66. The van der Waals surface area contributed by atoms with E-state index in [4.69, 9.17) is 51.9 Å². The van der Waals surface area contributed by atoms with Crippen LogP contribution in [0.5, 0.6) is 5.75 Å². The van der Waals surface area contributed by atoms with E-state index in [1.165, 1.54) is 12.1 Å². The van der Waals surface area contributed by atoms with Gasteiger partial charge in [-0.1, -0.05) is 40.9 Å². The lowest BCUT2D eigenvalue weighted by Gasteiger charge is -2.17. The van der Waals surface area contributed by atoms with Gasteiger partial charge in [0.1, 0.15) is 4.90 Å². The van der Waals surface area contributed by atoms with E-state index in [0.29, 0.717) is 23.7 Å². The second-order valence-electron chi connectivity index (χ2n) is 5.88. The summed E-state index contributed by atoms with van der Waals surface area (Å²) in [6.45, 7) is 0.348. The third-order valence-electron chi connectivity index (χ3n) is 3.83. The first-order chi connectivity index (χ1) is 13.7. The third-order valence-corrected chi connectivity index (χ3v) is 6.83. The van der Waals surface area contributed by atoms with Gasteiger partial charge in [-0.3, -0.25) is 0 Å². The number of nitrogens with one attached hydrogen (secondary N) is 4. The van der Waals surface area contributed by atoms with E-state index in [0.717, 1.165) is 0 Å². The maximum Gasteiger partial charge on any atom is 0.247 e. The van der Waals surface area contributed by atoms with Crippen LogP contribution in [-0.4, -0.2) is 31.4 Å². The Kier molecular flexibility index (Phi) is 7.07. The molecular formula is C16H15Cl3N4O4S2. The summed E-state index contributed by atoms with van der Waals surface area (Å²) in [5.41, 5.74) is 2.99. The summed E-state index contributed by atoms with van der Waals surface area (Å²) in [4.78, 5) is 4.44. The van der Waals surface area contributed by atoms with E-state index in [9.17, 15) is 13.5 Å². The molecule has 2 aromatic carbocycles. The highest BCUT2D eigenvalue weighted by atomic mass is 35.5.